The van der Waals surface area contributed by atoms with Gasteiger partial charge in [-0.1, -0.05) is 55.5 Å². The van der Waals surface area contributed by atoms with Crippen molar-refractivity contribution in [1.29, 1.82) is 21.0 Å². The van der Waals surface area contributed by atoms with E-state index in [1.54, 1.807) is 78.2 Å². The fourth-order valence-electron chi connectivity index (χ4n) is 7.85. The molecule has 0 N–H and O–H groups in total. The molecule has 0 unspecified atom stereocenters. The lowest BCUT2D eigenvalue weighted by Crippen LogP contribution is -2.37. The van der Waals surface area contributed by atoms with E-state index in [4.69, 9.17) is 4.74 Å². The molecule has 10 heteroatoms. The maximum absolute atomic E-state index is 13.7. The smallest absolute Gasteiger partial charge is 0.194 e. The second kappa shape index (κ2) is 13.1. The van der Waals surface area contributed by atoms with Crippen molar-refractivity contribution >= 4 is 72.7 Å². The van der Waals surface area contributed by atoms with Gasteiger partial charge in [-0.3, -0.25) is 9.59 Å². The molecule has 2 fully saturated rings. The molecule has 1 aromatic carbocycles. The van der Waals surface area contributed by atoms with E-state index in [1.165, 1.54) is 11.3 Å². The molecule has 2 saturated carbocycles. The number of hydrogen-bond acceptors (Lipinski definition) is 10. The molecule has 0 saturated heterocycles. The van der Waals surface area contributed by atoms with E-state index in [1.807, 2.05) is 36.4 Å². The molecule has 4 aliphatic rings. The van der Waals surface area contributed by atoms with Crippen molar-refractivity contribution in [3.8, 4) is 39.8 Å². The van der Waals surface area contributed by atoms with Gasteiger partial charge in [-0.15, -0.1) is 34.0 Å². The summed E-state index contributed by atoms with van der Waals surface area (Å²) in [6.07, 6.45) is 13.3. The van der Waals surface area contributed by atoms with Gasteiger partial charge in [-0.2, -0.15) is 21.0 Å². The molecule has 4 heterocycles. The largest absolute Gasteiger partial charge is 0.479 e. The van der Waals surface area contributed by atoms with Crippen LogP contribution in [-0.2, 0) is 10.4 Å². The maximum Gasteiger partial charge on any atom is 0.194 e. The summed E-state index contributed by atoms with van der Waals surface area (Å²) in [5.74, 6) is 0.343. The van der Waals surface area contributed by atoms with Gasteiger partial charge in [0.1, 0.15) is 41.0 Å². The standard InChI is InChI=1S/C43H26N4O3S3/c1-3-10-28-27(4-2)37(48)31(35(28)23(19-44)20-45)16-26-18-34-41(52-26)39-42(53-34)40-33(43(50-39)13-8-5-9-14-43)17-25(51-40)15-32-36(24(21-46)22-47)29-11-6-7-12-30(29)38(32)49/h3-4,6-7,10-12,15-18H,1,5,8-9,13-14H2,2H3/b27-4+,28-10+,31-16-,32-15-. The lowest BCUT2D eigenvalue weighted by molar-refractivity contribution is -0.111. The summed E-state index contributed by atoms with van der Waals surface area (Å²) >= 11 is 4.69. The molecule has 8 rings (SSSR count). The zero-order valence-corrected chi connectivity index (χ0v) is 30.8. The molecular formula is C43H26N4O3S3. The Morgan fingerprint density at radius 3 is 2.08 bits per heavy atom. The van der Waals surface area contributed by atoms with Crippen molar-refractivity contribution in [3.63, 3.8) is 0 Å². The summed E-state index contributed by atoms with van der Waals surface area (Å²) in [5.41, 5.74) is 3.63. The summed E-state index contributed by atoms with van der Waals surface area (Å²) in [7, 11) is 0. The highest BCUT2D eigenvalue weighted by molar-refractivity contribution is 7.32. The van der Waals surface area contributed by atoms with Crippen LogP contribution >= 0.6 is 34.0 Å². The van der Waals surface area contributed by atoms with Crippen molar-refractivity contribution in [2.24, 2.45) is 0 Å². The van der Waals surface area contributed by atoms with Crippen LogP contribution in [0.15, 0.2) is 100 Å². The first kappa shape index (κ1) is 34.0. The number of Topliss-reactive ketones (excluding diaryl/α,β-unsaturated/α-hetero) is 2. The van der Waals surface area contributed by atoms with Gasteiger partial charge in [0.2, 0.25) is 0 Å². The second-order valence-corrected chi connectivity index (χ2v) is 16.2. The van der Waals surface area contributed by atoms with Crippen LogP contribution < -0.4 is 4.74 Å². The number of fused-ring (bicyclic) bond motifs is 7. The van der Waals surface area contributed by atoms with E-state index in [0.29, 0.717) is 44.6 Å². The topological polar surface area (TPSA) is 139 Å². The number of allylic oxidation sites excluding steroid dienone is 11. The minimum Gasteiger partial charge on any atom is -0.479 e. The molecule has 254 valence electrons. The van der Waals surface area contributed by atoms with Crippen molar-refractivity contribution in [1.82, 2.24) is 0 Å². The SMILES string of the molecule is C=C/C=C1/C(=C(C#N)C#N)/C(=C/c2cc3sc4c(c3s2)OC2(CCCCC2)c2cc(/C=C3\C(=O)c5ccccc5C3=C(C#N)C#N)sc2-4)C(=O)/C1=C/C. The first-order valence-corrected chi connectivity index (χ1v) is 19.4. The molecule has 4 aromatic rings. The maximum atomic E-state index is 13.7. The molecule has 3 aliphatic carbocycles. The molecule has 1 aliphatic heterocycles. The Bertz CT molecular complexity index is 2710. The molecule has 1 spiro atoms. The van der Waals surface area contributed by atoms with Crippen LogP contribution in [0, 0.1) is 45.3 Å². The number of ether oxygens (including phenoxy) is 1. The number of hydrogen-bond donors (Lipinski definition) is 0. The minimum absolute atomic E-state index is 0.0946. The van der Waals surface area contributed by atoms with Crippen molar-refractivity contribution in [2.75, 3.05) is 0 Å². The first-order valence-electron chi connectivity index (χ1n) is 16.9. The number of benzene rings is 1. The third-order valence-electron chi connectivity index (χ3n) is 10.1. The number of carbonyl (C=O) groups is 2. The lowest BCUT2D eigenvalue weighted by Gasteiger charge is -2.40. The van der Waals surface area contributed by atoms with Crippen LogP contribution in [0.3, 0.4) is 0 Å². The number of carbonyl (C=O) groups excluding carboxylic acids is 2. The summed E-state index contributed by atoms with van der Waals surface area (Å²) < 4.78 is 9.06. The Balaban J connectivity index is 1.27. The van der Waals surface area contributed by atoms with E-state index < -0.39 is 5.60 Å². The van der Waals surface area contributed by atoms with Gasteiger partial charge in [0.05, 0.1) is 19.2 Å². The monoisotopic (exact) mass is 742 g/mol. The number of ketones is 2. The Hall–Kier alpha value is -6.14. The molecule has 0 atom stereocenters. The third-order valence-corrected chi connectivity index (χ3v) is 13.7. The second-order valence-electron chi connectivity index (χ2n) is 12.9. The van der Waals surface area contributed by atoms with E-state index in [0.717, 1.165) is 72.3 Å². The minimum atomic E-state index is -0.548. The number of thiophene rings is 3. The zero-order valence-electron chi connectivity index (χ0n) is 28.3. The Kier molecular flexibility index (Phi) is 8.41. The van der Waals surface area contributed by atoms with Crippen molar-refractivity contribution in [3.05, 3.63) is 127 Å². The highest BCUT2D eigenvalue weighted by Crippen LogP contribution is 2.60. The Morgan fingerprint density at radius 2 is 1.42 bits per heavy atom. The summed E-state index contributed by atoms with van der Waals surface area (Å²) in [6, 6.07) is 19.2. The number of rotatable bonds is 3. The van der Waals surface area contributed by atoms with E-state index >= 15 is 0 Å². The molecule has 0 radical (unpaired) electrons. The third kappa shape index (κ3) is 5.15. The summed E-state index contributed by atoms with van der Waals surface area (Å²) in [6.45, 7) is 5.52. The number of nitriles is 4. The van der Waals surface area contributed by atoms with Crippen LogP contribution in [0.25, 0.3) is 36.9 Å². The van der Waals surface area contributed by atoms with Gasteiger partial charge in [0.25, 0.3) is 0 Å². The van der Waals surface area contributed by atoms with E-state index in [-0.39, 0.29) is 22.7 Å². The van der Waals surface area contributed by atoms with Gasteiger partial charge >= 0.3 is 0 Å². The van der Waals surface area contributed by atoms with Gasteiger partial charge in [0, 0.05) is 48.7 Å². The predicted octanol–water partition coefficient (Wildman–Crippen LogP) is 10.7. The highest BCUT2D eigenvalue weighted by atomic mass is 32.1. The Morgan fingerprint density at radius 1 is 0.774 bits per heavy atom. The van der Waals surface area contributed by atoms with Crippen molar-refractivity contribution in [2.45, 2.75) is 44.6 Å². The van der Waals surface area contributed by atoms with Crippen LogP contribution in [0.5, 0.6) is 5.75 Å². The van der Waals surface area contributed by atoms with Gasteiger partial charge < -0.3 is 4.74 Å². The van der Waals surface area contributed by atoms with Gasteiger partial charge in [-0.05, 0) is 68.0 Å². The summed E-state index contributed by atoms with van der Waals surface area (Å²) in [5, 5.41) is 39.3. The average molecular weight is 743 g/mol. The van der Waals surface area contributed by atoms with Crippen LogP contribution in [0.4, 0.5) is 0 Å². The molecule has 53 heavy (non-hydrogen) atoms. The highest BCUT2D eigenvalue weighted by Gasteiger charge is 2.45. The van der Waals surface area contributed by atoms with E-state index in [9.17, 15) is 30.6 Å². The molecule has 3 aromatic heterocycles. The van der Waals surface area contributed by atoms with Gasteiger partial charge in [0.15, 0.2) is 17.3 Å². The van der Waals surface area contributed by atoms with Gasteiger partial charge in [-0.25, -0.2) is 0 Å². The fraction of sp³-hybridized carbons (Fsp3) is 0.163. The van der Waals surface area contributed by atoms with Crippen LogP contribution in [0.2, 0.25) is 0 Å². The lowest BCUT2D eigenvalue weighted by atomic mass is 9.78. The first-order chi connectivity index (χ1) is 25.8. The van der Waals surface area contributed by atoms with Crippen LogP contribution in [-0.4, -0.2) is 11.6 Å². The average Bonchev–Trinajstić information content (AvgIpc) is 3.97. The molecular weight excluding hydrogens is 717 g/mol. The number of nitrogens with zero attached hydrogens (tertiary/aromatic N) is 4. The normalized spacial score (nSPS) is 19.9. The predicted molar refractivity (Wildman–Crippen MR) is 209 cm³/mol. The molecule has 7 nitrogen and oxygen atoms in total. The van der Waals surface area contributed by atoms with Crippen molar-refractivity contribution < 1.29 is 14.3 Å². The Labute approximate surface area is 317 Å². The molecule has 0 bridgehead atoms. The summed E-state index contributed by atoms with van der Waals surface area (Å²) in [4.78, 5) is 31.1. The zero-order chi connectivity index (χ0) is 37.0. The van der Waals surface area contributed by atoms with E-state index in [2.05, 4.69) is 12.6 Å². The van der Waals surface area contributed by atoms with Crippen LogP contribution in [0.1, 0.15) is 70.3 Å². The molecule has 0 amide bonds. The fourth-order valence-corrected chi connectivity index (χ4v) is 11.6. The quantitative estimate of drug-likeness (QED) is 0.150.